The minimum Gasteiger partial charge on any atom is -0.349 e. The highest BCUT2D eigenvalue weighted by atomic mass is 32.2. The first-order valence-corrected chi connectivity index (χ1v) is 9.46. The number of amides is 2. The molecule has 2 amide bonds. The first kappa shape index (κ1) is 19.4. The predicted octanol–water partition coefficient (Wildman–Crippen LogP) is 0.646. The van der Waals surface area contributed by atoms with Gasteiger partial charge < -0.3 is 10.6 Å². The van der Waals surface area contributed by atoms with E-state index in [-0.39, 0.29) is 17.9 Å². The molecule has 2 N–H and O–H groups in total. The Balaban J connectivity index is 1.94. The van der Waals surface area contributed by atoms with Crippen LogP contribution in [-0.4, -0.2) is 62.1 Å². The van der Waals surface area contributed by atoms with E-state index in [0.29, 0.717) is 37.2 Å². The molecule has 9 heteroatoms. The molecule has 1 aliphatic heterocycles. The first-order valence-electron chi connectivity index (χ1n) is 8.06. The van der Waals surface area contributed by atoms with Gasteiger partial charge in [-0.3, -0.25) is 9.59 Å². The van der Waals surface area contributed by atoms with E-state index in [0.717, 1.165) is 0 Å². The molecule has 0 spiro atoms. The Morgan fingerprint density at radius 3 is 2.40 bits per heavy atom. The lowest BCUT2D eigenvalue weighted by atomic mass is 10.1. The molecular formula is C16H24N4O4S. The molecule has 1 fully saturated rings. The van der Waals surface area contributed by atoms with Crippen LogP contribution in [0.25, 0.3) is 0 Å². The van der Waals surface area contributed by atoms with Crippen LogP contribution in [0.2, 0.25) is 0 Å². The van der Waals surface area contributed by atoms with Gasteiger partial charge >= 0.3 is 0 Å². The van der Waals surface area contributed by atoms with Crippen LogP contribution in [0.4, 0.5) is 5.69 Å². The van der Waals surface area contributed by atoms with Crippen molar-refractivity contribution in [1.82, 2.24) is 13.9 Å². The zero-order valence-electron chi connectivity index (χ0n) is 14.7. The zero-order chi connectivity index (χ0) is 18.6. The van der Waals surface area contributed by atoms with E-state index in [4.69, 9.17) is 0 Å². The highest BCUT2D eigenvalue weighted by molar-refractivity contribution is 7.86. The molecule has 8 nitrogen and oxygen atoms in total. The maximum absolute atomic E-state index is 12.4. The number of carbonyl (C=O) groups is 2. The number of piperidine rings is 1. The maximum atomic E-state index is 12.4. The summed E-state index contributed by atoms with van der Waals surface area (Å²) in [6.45, 7) is 2.15. The number of carbonyl (C=O) groups excluding carboxylic acids is 2. The summed E-state index contributed by atoms with van der Waals surface area (Å²) in [5.41, 5.74) is 1.02. The van der Waals surface area contributed by atoms with Gasteiger partial charge in [-0.15, -0.1) is 0 Å². The fourth-order valence-electron chi connectivity index (χ4n) is 2.67. The van der Waals surface area contributed by atoms with Gasteiger partial charge in [0.05, 0.1) is 0 Å². The topological polar surface area (TPSA) is 98.8 Å². The third-order valence-corrected chi connectivity index (χ3v) is 5.96. The summed E-state index contributed by atoms with van der Waals surface area (Å²) in [5.74, 6) is -0.437. The van der Waals surface area contributed by atoms with E-state index in [1.165, 1.54) is 29.6 Å². The Morgan fingerprint density at radius 2 is 1.84 bits per heavy atom. The lowest BCUT2D eigenvalue weighted by Crippen LogP contribution is -2.49. The van der Waals surface area contributed by atoms with Gasteiger partial charge in [-0.25, -0.2) is 0 Å². The highest BCUT2D eigenvalue weighted by Crippen LogP contribution is 2.17. The number of nitrogens with zero attached hydrogens (tertiary/aromatic N) is 2. The second-order valence-corrected chi connectivity index (χ2v) is 8.34. The van der Waals surface area contributed by atoms with Gasteiger partial charge in [0.25, 0.3) is 16.1 Å². The van der Waals surface area contributed by atoms with Crippen molar-refractivity contribution in [2.45, 2.75) is 25.8 Å². The standard InChI is InChI=1S/C16H24N4O4S/c1-12(21)17-15-6-4-5-13(11-15)16(22)18-14-7-9-20(10-8-14)25(23,24)19(2)3/h4-6,11,14H,7-10H2,1-3H3,(H,17,21)(H,18,22). The minimum absolute atomic E-state index is 0.0782. The molecule has 25 heavy (non-hydrogen) atoms. The van der Waals surface area contributed by atoms with Crippen molar-refractivity contribution in [3.8, 4) is 0 Å². The normalized spacial score (nSPS) is 16.6. The molecule has 138 valence electrons. The van der Waals surface area contributed by atoms with Crippen LogP contribution >= 0.6 is 0 Å². The number of hydrogen-bond donors (Lipinski definition) is 2. The van der Waals surface area contributed by atoms with Gasteiger partial charge in [0.1, 0.15) is 0 Å². The fourth-order valence-corrected chi connectivity index (χ4v) is 3.81. The van der Waals surface area contributed by atoms with Crippen molar-refractivity contribution in [3.63, 3.8) is 0 Å². The number of anilines is 1. The molecular weight excluding hydrogens is 344 g/mol. The summed E-state index contributed by atoms with van der Waals surface area (Å²) in [7, 11) is -0.397. The molecule has 1 saturated heterocycles. The van der Waals surface area contributed by atoms with Crippen LogP contribution < -0.4 is 10.6 Å². The number of benzene rings is 1. The van der Waals surface area contributed by atoms with Crippen molar-refractivity contribution >= 4 is 27.7 Å². The summed E-state index contributed by atoms with van der Waals surface area (Å²) in [6.07, 6.45) is 1.12. The smallest absolute Gasteiger partial charge is 0.281 e. The van der Waals surface area contributed by atoms with Crippen molar-refractivity contribution in [2.24, 2.45) is 0 Å². The summed E-state index contributed by atoms with van der Waals surface area (Å²) in [4.78, 5) is 23.5. The van der Waals surface area contributed by atoms with Crippen molar-refractivity contribution in [1.29, 1.82) is 0 Å². The Labute approximate surface area is 148 Å². The van der Waals surface area contributed by atoms with Gasteiger partial charge in [0.2, 0.25) is 5.91 Å². The molecule has 0 aliphatic carbocycles. The van der Waals surface area contributed by atoms with Gasteiger partial charge in [0.15, 0.2) is 0 Å². The summed E-state index contributed by atoms with van der Waals surface area (Å²) >= 11 is 0. The molecule has 0 atom stereocenters. The number of hydrogen-bond acceptors (Lipinski definition) is 4. The highest BCUT2D eigenvalue weighted by Gasteiger charge is 2.30. The molecule has 0 unspecified atom stereocenters. The lowest BCUT2D eigenvalue weighted by molar-refractivity contribution is -0.114. The minimum atomic E-state index is -3.41. The number of rotatable bonds is 5. The number of nitrogens with one attached hydrogen (secondary N) is 2. The largest absolute Gasteiger partial charge is 0.349 e. The lowest BCUT2D eigenvalue weighted by Gasteiger charge is -2.33. The van der Waals surface area contributed by atoms with Crippen LogP contribution in [0.3, 0.4) is 0 Å². The Kier molecular flexibility index (Phi) is 6.15. The second-order valence-electron chi connectivity index (χ2n) is 6.20. The van der Waals surface area contributed by atoms with Gasteiger partial charge in [0, 0.05) is 51.4 Å². The zero-order valence-corrected chi connectivity index (χ0v) is 15.5. The molecule has 1 aliphatic rings. The second kappa shape index (κ2) is 7.94. The predicted molar refractivity (Wildman–Crippen MR) is 95.4 cm³/mol. The maximum Gasteiger partial charge on any atom is 0.281 e. The van der Waals surface area contributed by atoms with E-state index in [9.17, 15) is 18.0 Å². The molecule has 0 radical (unpaired) electrons. The van der Waals surface area contributed by atoms with Crippen LogP contribution in [-0.2, 0) is 15.0 Å². The monoisotopic (exact) mass is 368 g/mol. The molecule has 1 heterocycles. The molecule has 0 saturated carbocycles. The van der Waals surface area contributed by atoms with Gasteiger partial charge in [-0.05, 0) is 31.0 Å². The third-order valence-electron chi connectivity index (χ3n) is 4.02. The summed E-state index contributed by atoms with van der Waals surface area (Å²) in [5, 5.41) is 5.57. The van der Waals surface area contributed by atoms with Crippen molar-refractivity contribution in [2.75, 3.05) is 32.5 Å². The van der Waals surface area contributed by atoms with E-state index >= 15 is 0 Å². The van der Waals surface area contributed by atoms with Gasteiger partial charge in [-0.1, -0.05) is 6.07 Å². The molecule has 0 bridgehead atoms. The van der Waals surface area contributed by atoms with E-state index in [1.54, 1.807) is 24.3 Å². The SMILES string of the molecule is CC(=O)Nc1cccc(C(=O)NC2CCN(S(=O)(=O)N(C)C)CC2)c1. The van der Waals surface area contributed by atoms with Crippen LogP contribution in [0.1, 0.15) is 30.1 Å². The van der Waals surface area contributed by atoms with Crippen molar-refractivity contribution < 1.29 is 18.0 Å². The molecule has 2 rings (SSSR count). The molecule has 0 aromatic heterocycles. The summed E-state index contributed by atoms with van der Waals surface area (Å²) in [6, 6.07) is 6.62. The summed E-state index contributed by atoms with van der Waals surface area (Å²) < 4.78 is 26.8. The van der Waals surface area contributed by atoms with Crippen LogP contribution in [0.5, 0.6) is 0 Å². The van der Waals surface area contributed by atoms with E-state index in [1.807, 2.05) is 0 Å². The Bertz CT molecular complexity index is 740. The molecule has 1 aromatic rings. The Morgan fingerprint density at radius 1 is 1.20 bits per heavy atom. The van der Waals surface area contributed by atoms with E-state index in [2.05, 4.69) is 10.6 Å². The third kappa shape index (κ3) is 5.00. The quantitative estimate of drug-likeness (QED) is 0.797. The fraction of sp³-hybridized carbons (Fsp3) is 0.500. The van der Waals surface area contributed by atoms with Crippen LogP contribution in [0, 0.1) is 0 Å². The van der Waals surface area contributed by atoms with E-state index < -0.39 is 10.2 Å². The van der Waals surface area contributed by atoms with Crippen molar-refractivity contribution in [3.05, 3.63) is 29.8 Å². The average molecular weight is 368 g/mol. The molecule has 1 aromatic carbocycles. The average Bonchev–Trinajstić information content (AvgIpc) is 2.54. The Hall–Kier alpha value is -1.97. The van der Waals surface area contributed by atoms with Crippen LogP contribution in [0.15, 0.2) is 24.3 Å². The first-order chi connectivity index (χ1) is 11.7. The van der Waals surface area contributed by atoms with Gasteiger partial charge in [-0.2, -0.15) is 17.0 Å².